The number of sulfonamides is 1. The maximum Gasteiger partial charge on any atom is 0.264 e. The van der Waals surface area contributed by atoms with Crippen LogP contribution in [-0.4, -0.2) is 43.3 Å². The molecule has 1 N–H and O–H groups in total. The average Bonchev–Trinajstić information content (AvgIpc) is 2.99. The van der Waals surface area contributed by atoms with E-state index in [2.05, 4.69) is 5.32 Å². The normalized spacial score (nSPS) is 12.3. The molecule has 236 valence electrons. The SMILES string of the molecule is Cc1ccc(N(CC(=O)N(Cc2c(Cl)cccc2Cl)[C@H](Cc2ccccc2)C(=O)NC(C)(C)C)S(=O)(=O)c2ccccc2)cc1. The zero-order chi connectivity index (χ0) is 32.8. The van der Waals surface area contributed by atoms with Crippen LogP contribution >= 0.6 is 23.2 Å². The molecule has 7 nitrogen and oxygen atoms in total. The van der Waals surface area contributed by atoms with Crippen LogP contribution in [0.3, 0.4) is 0 Å². The first-order chi connectivity index (χ1) is 21.3. The molecule has 0 heterocycles. The Kier molecular flexibility index (Phi) is 11.0. The number of anilines is 1. The molecule has 4 aromatic carbocycles. The molecule has 10 heteroatoms. The number of nitrogens with one attached hydrogen (secondary N) is 1. The molecule has 0 aliphatic rings. The lowest BCUT2D eigenvalue weighted by molar-refractivity contribution is -0.140. The summed E-state index contributed by atoms with van der Waals surface area (Å²) in [6.07, 6.45) is 0.173. The van der Waals surface area contributed by atoms with E-state index in [1.54, 1.807) is 60.7 Å². The third kappa shape index (κ3) is 8.87. The van der Waals surface area contributed by atoms with Crippen LogP contribution in [0.1, 0.15) is 37.5 Å². The van der Waals surface area contributed by atoms with E-state index in [1.165, 1.54) is 17.0 Å². The molecule has 0 bridgehead atoms. The molecule has 0 saturated heterocycles. The van der Waals surface area contributed by atoms with Crippen molar-refractivity contribution in [2.24, 2.45) is 0 Å². The number of nitrogens with zero attached hydrogens (tertiary/aromatic N) is 2. The van der Waals surface area contributed by atoms with Gasteiger partial charge in [0, 0.05) is 34.1 Å². The van der Waals surface area contributed by atoms with Crippen LogP contribution in [0.2, 0.25) is 10.0 Å². The molecule has 0 aliphatic heterocycles. The van der Waals surface area contributed by atoms with E-state index in [4.69, 9.17) is 23.2 Å². The monoisotopic (exact) mass is 665 g/mol. The van der Waals surface area contributed by atoms with Crippen LogP contribution in [0.5, 0.6) is 0 Å². The van der Waals surface area contributed by atoms with Crippen LogP contribution in [0.25, 0.3) is 0 Å². The third-order valence-corrected chi connectivity index (χ3v) is 9.59. The minimum atomic E-state index is -4.19. The quantitative estimate of drug-likeness (QED) is 0.186. The minimum absolute atomic E-state index is 0.0328. The first kappa shape index (κ1) is 34.0. The summed E-state index contributed by atoms with van der Waals surface area (Å²) in [6.45, 7) is 6.76. The molecule has 0 aliphatic carbocycles. The van der Waals surface area contributed by atoms with Gasteiger partial charge in [0.1, 0.15) is 12.6 Å². The summed E-state index contributed by atoms with van der Waals surface area (Å²) in [5.41, 5.74) is 1.91. The number of carbonyl (C=O) groups is 2. The molecule has 0 unspecified atom stereocenters. The minimum Gasteiger partial charge on any atom is -0.350 e. The van der Waals surface area contributed by atoms with Gasteiger partial charge in [0.05, 0.1) is 10.6 Å². The summed E-state index contributed by atoms with van der Waals surface area (Å²) < 4.78 is 29.2. The highest BCUT2D eigenvalue weighted by molar-refractivity contribution is 7.92. The maximum atomic E-state index is 14.6. The molecule has 4 aromatic rings. The van der Waals surface area contributed by atoms with Gasteiger partial charge in [0.25, 0.3) is 10.0 Å². The first-order valence-electron chi connectivity index (χ1n) is 14.5. The fourth-order valence-electron chi connectivity index (χ4n) is 4.82. The number of halogens is 2. The highest BCUT2D eigenvalue weighted by atomic mass is 35.5. The smallest absolute Gasteiger partial charge is 0.264 e. The Morgan fingerprint density at radius 2 is 1.36 bits per heavy atom. The van der Waals surface area contributed by atoms with Crippen molar-refractivity contribution in [1.29, 1.82) is 0 Å². The standard InChI is InChI=1S/C35H37Cl2N3O4S/c1-25-18-20-27(21-19-25)40(45(43,44)28-14-9-6-10-15-28)24-33(41)39(23-29-30(36)16-11-17-31(29)37)32(34(42)38-35(2,3)4)22-26-12-7-5-8-13-26/h5-21,32H,22-24H2,1-4H3,(H,38,42)/t32-/m1/s1. The van der Waals surface area contributed by atoms with Crippen LogP contribution < -0.4 is 9.62 Å². The summed E-state index contributed by atoms with van der Waals surface area (Å²) in [5, 5.41) is 3.65. The number of hydrogen-bond donors (Lipinski definition) is 1. The Morgan fingerprint density at radius 1 is 0.800 bits per heavy atom. The predicted octanol–water partition coefficient (Wildman–Crippen LogP) is 7.05. The summed E-state index contributed by atoms with van der Waals surface area (Å²) in [4.78, 5) is 29.9. The molecular formula is C35H37Cl2N3O4S. The van der Waals surface area contributed by atoms with Gasteiger partial charge in [-0.15, -0.1) is 0 Å². The highest BCUT2D eigenvalue weighted by Crippen LogP contribution is 2.29. The number of aryl methyl sites for hydroxylation is 1. The summed E-state index contributed by atoms with van der Waals surface area (Å²) >= 11 is 13.1. The zero-order valence-electron chi connectivity index (χ0n) is 25.7. The van der Waals surface area contributed by atoms with Gasteiger partial charge in [-0.3, -0.25) is 13.9 Å². The van der Waals surface area contributed by atoms with Crippen molar-refractivity contribution >= 4 is 50.7 Å². The van der Waals surface area contributed by atoms with Gasteiger partial charge < -0.3 is 10.2 Å². The molecule has 0 fully saturated rings. The van der Waals surface area contributed by atoms with Crippen molar-refractivity contribution < 1.29 is 18.0 Å². The van der Waals surface area contributed by atoms with Crippen LogP contribution in [0.4, 0.5) is 5.69 Å². The van der Waals surface area contributed by atoms with Crippen LogP contribution in [0.15, 0.2) is 108 Å². The Hall–Kier alpha value is -3.85. The fourth-order valence-corrected chi connectivity index (χ4v) is 6.77. The molecule has 4 rings (SSSR count). The average molecular weight is 667 g/mol. The van der Waals surface area contributed by atoms with Crippen molar-refractivity contribution in [2.75, 3.05) is 10.8 Å². The zero-order valence-corrected chi connectivity index (χ0v) is 28.0. The Balaban J connectivity index is 1.84. The molecule has 2 amide bonds. The summed E-state index contributed by atoms with van der Waals surface area (Å²) in [6, 6.07) is 28.1. The topological polar surface area (TPSA) is 86.8 Å². The van der Waals surface area contributed by atoms with Gasteiger partial charge in [-0.2, -0.15) is 0 Å². The second kappa shape index (κ2) is 14.5. The van der Waals surface area contributed by atoms with Gasteiger partial charge in [0.15, 0.2) is 0 Å². The van der Waals surface area contributed by atoms with Gasteiger partial charge in [-0.1, -0.05) is 95.5 Å². The molecular weight excluding hydrogens is 629 g/mol. The van der Waals surface area contributed by atoms with Crippen molar-refractivity contribution in [3.05, 3.63) is 130 Å². The lowest BCUT2D eigenvalue weighted by atomic mass is 10.0. The van der Waals surface area contributed by atoms with E-state index in [0.717, 1.165) is 15.4 Å². The molecule has 0 aromatic heterocycles. The van der Waals surface area contributed by atoms with Crippen molar-refractivity contribution in [1.82, 2.24) is 10.2 Å². The van der Waals surface area contributed by atoms with E-state index < -0.39 is 40.0 Å². The van der Waals surface area contributed by atoms with Gasteiger partial charge >= 0.3 is 0 Å². The van der Waals surface area contributed by atoms with E-state index >= 15 is 0 Å². The molecule has 0 saturated carbocycles. The third-order valence-electron chi connectivity index (χ3n) is 7.09. The van der Waals surface area contributed by atoms with Crippen LogP contribution in [-0.2, 0) is 32.6 Å². The highest BCUT2D eigenvalue weighted by Gasteiger charge is 2.36. The van der Waals surface area contributed by atoms with E-state index in [-0.39, 0.29) is 17.9 Å². The number of amides is 2. The summed E-state index contributed by atoms with van der Waals surface area (Å²) in [5.74, 6) is -0.994. The maximum absolute atomic E-state index is 14.6. The predicted molar refractivity (Wildman–Crippen MR) is 181 cm³/mol. The number of hydrogen-bond acceptors (Lipinski definition) is 4. The second-order valence-corrected chi connectivity index (χ2v) is 14.5. The Morgan fingerprint density at radius 3 is 1.91 bits per heavy atom. The molecule has 1 atom stereocenters. The molecule has 0 spiro atoms. The van der Waals surface area contributed by atoms with Gasteiger partial charge in [0.2, 0.25) is 11.8 Å². The lowest BCUT2D eigenvalue weighted by Gasteiger charge is -2.35. The number of carbonyl (C=O) groups excluding carboxylic acids is 2. The number of benzene rings is 4. The van der Waals surface area contributed by atoms with E-state index in [0.29, 0.717) is 21.3 Å². The number of rotatable bonds is 11. The van der Waals surface area contributed by atoms with Crippen molar-refractivity contribution in [2.45, 2.75) is 57.1 Å². The Labute approximate surface area is 275 Å². The van der Waals surface area contributed by atoms with Crippen molar-refractivity contribution in [3.8, 4) is 0 Å². The van der Waals surface area contributed by atoms with Gasteiger partial charge in [-0.25, -0.2) is 8.42 Å². The first-order valence-corrected chi connectivity index (χ1v) is 16.7. The molecule has 45 heavy (non-hydrogen) atoms. The fraction of sp³-hybridized carbons (Fsp3) is 0.257. The van der Waals surface area contributed by atoms with Crippen molar-refractivity contribution in [3.63, 3.8) is 0 Å². The van der Waals surface area contributed by atoms with E-state index in [9.17, 15) is 18.0 Å². The lowest BCUT2D eigenvalue weighted by Crippen LogP contribution is -2.56. The van der Waals surface area contributed by atoms with E-state index in [1.807, 2.05) is 58.0 Å². The Bertz CT molecular complexity index is 1710. The second-order valence-electron chi connectivity index (χ2n) is 11.8. The van der Waals surface area contributed by atoms with Crippen LogP contribution in [0, 0.1) is 6.92 Å². The van der Waals surface area contributed by atoms with Gasteiger partial charge in [-0.05, 0) is 69.7 Å². The summed E-state index contributed by atoms with van der Waals surface area (Å²) in [7, 11) is -4.19. The molecule has 0 radical (unpaired) electrons. The largest absolute Gasteiger partial charge is 0.350 e.